The highest BCUT2D eigenvalue weighted by molar-refractivity contribution is 7.92. The molecule has 19 heavy (non-hydrogen) atoms. The van der Waals surface area contributed by atoms with Crippen LogP contribution < -0.4 is 5.32 Å². The van der Waals surface area contributed by atoms with Gasteiger partial charge in [0.05, 0.1) is 4.90 Å². The van der Waals surface area contributed by atoms with Crippen molar-refractivity contribution in [1.82, 2.24) is 5.32 Å². The molecule has 0 spiro atoms. The van der Waals surface area contributed by atoms with Gasteiger partial charge >= 0.3 is 6.18 Å². The Morgan fingerprint density at radius 1 is 1.26 bits per heavy atom. The lowest BCUT2D eigenvalue weighted by atomic mass is 10.4. The van der Waals surface area contributed by atoms with Crippen molar-refractivity contribution in [2.24, 2.45) is 0 Å². The molecule has 0 saturated carbocycles. The predicted molar refractivity (Wildman–Crippen MR) is 57.5 cm³/mol. The van der Waals surface area contributed by atoms with E-state index >= 15 is 0 Å². The van der Waals surface area contributed by atoms with Gasteiger partial charge in [-0.1, -0.05) is 6.07 Å². The molecule has 9 heteroatoms. The van der Waals surface area contributed by atoms with E-state index in [9.17, 15) is 30.8 Å². The maximum absolute atomic E-state index is 12.8. The van der Waals surface area contributed by atoms with E-state index in [0.29, 0.717) is 6.07 Å². The molecule has 0 heterocycles. The second-order valence-electron chi connectivity index (χ2n) is 3.61. The molecule has 0 bridgehead atoms. The number of amides is 1. The lowest BCUT2D eigenvalue weighted by Crippen LogP contribution is -2.37. The third-order valence-electron chi connectivity index (χ3n) is 1.96. The molecule has 0 fully saturated rings. The number of carbonyl (C=O) groups excluding carboxylic acids is 1. The first-order valence-corrected chi connectivity index (χ1v) is 6.57. The van der Waals surface area contributed by atoms with Crippen LogP contribution in [0.15, 0.2) is 29.2 Å². The van der Waals surface area contributed by atoms with Crippen LogP contribution in [0.25, 0.3) is 0 Å². The molecular formula is C10H9F4NO3S. The van der Waals surface area contributed by atoms with Gasteiger partial charge in [0, 0.05) is 0 Å². The summed E-state index contributed by atoms with van der Waals surface area (Å²) in [7, 11) is -4.17. The molecule has 106 valence electrons. The summed E-state index contributed by atoms with van der Waals surface area (Å²) in [6.45, 7) is -1.62. The number of hydrogen-bond donors (Lipinski definition) is 1. The maximum atomic E-state index is 12.8. The van der Waals surface area contributed by atoms with E-state index in [1.54, 1.807) is 0 Å². The van der Waals surface area contributed by atoms with E-state index in [4.69, 9.17) is 0 Å². The number of hydrogen-bond acceptors (Lipinski definition) is 3. The number of alkyl halides is 3. The van der Waals surface area contributed by atoms with Crippen molar-refractivity contribution in [1.29, 1.82) is 0 Å². The number of sulfone groups is 1. The van der Waals surface area contributed by atoms with Crippen molar-refractivity contribution < 1.29 is 30.8 Å². The lowest BCUT2D eigenvalue weighted by molar-refractivity contribution is -0.137. The molecule has 0 aliphatic carbocycles. The number of carbonyl (C=O) groups is 1. The van der Waals surface area contributed by atoms with Crippen LogP contribution in [0.4, 0.5) is 17.6 Å². The Kier molecular flexibility index (Phi) is 4.51. The van der Waals surface area contributed by atoms with Crippen LogP contribution in [0.1, 0.15) is 0 Å². The summed E-state index contributed by atoms with van der Waals surface area (Å²) in [5.74, 6) is -3.30. The van der Waals surface area contributed by atoms with Crippen molar-refractivity contribution in [3.63, 3.8) is 0 Å². The Morgan fingerprint density at radius 3 is 2.42 bits per heavy atom. The molecule has 0 aliphatic rings. The van der Waals surface area contributed by atoms with Crippen LogP contribution in [0.2, 0.25) is 0 Å². The Hall–Kier alpha value is -1.64. The Bertz CT molecular complexity index is 568. The van der Waals surface area contributed by atoms with Crippen molar-refractivity contribution in [2.45, 2.75) is 11.1 Å². The Labute approximate surface area is 106 Å². The highest BCUT2D eigenvalue weighted by Gasteiger charge is 2.29. The topological polar surface area (TPSA) is 63.2 Å². The fourth-order valence-electron chi connectivity index (χ4n) is 1.17. The summed E-state index contributed by atoms with van der Waals surface area (Å²) < 4.78 is 71.5. The number of benzene rings is 1. The lowest BCUT2D eigenvalue weighted by Gasteiger charge is -2.08. The van der Waals surface area contributed by atoms with E-state index < -0.39 is 44.9 Å². The van der Waals surface area contributed by atoms with Crippen molar-refractivity contribution >= 4 is 15.7 Å². The van der Waals surface area contributed by atoms with Gasteiger partial charge in [-0.2, -0.15) is 13.2 Å². The molecule has 0 radical (unpaired) electrons. The number of rotatable bonds is 4. The highest BCUT2D eigenvalue weighted by atomic mass is 32.2. The molecule has 1 N–H and O–H groups in total. The quantitative estimate of drug-likeness (QED) is 0.852. The van der Waals surface area contributed by atoms with Crippen LogP contribution in [-0.2, 0) is 14.6 Å². The average molecular weight is 299 g/mol. The van der Waals surface area contributed by atoms with E-state index in [1.807, 2.05) is 0 Å². The van der Waals surface area contributed by atoms with Gasteiger partial charge in [0.25, 0.3) is 0 Å². The van der Waals surface area contributed by atoms with E-state index in [-0.39, 0.29) is 0 Å². The van der Waals surface area contributed by atoms with Crippen molar-refractivity contribution in [3.8, 4) is 0 Å². The standard InChI is InChI=1S/C10H9F4NO3S/c11-7-2-1-3-8(4-7)19(17,18)5-9(16)15-6-10(12,13)14/h1-4H,5-6H2,(H,15,16). The first-order chi connectivity index (χ1) is 8.60. The molecule has 1 amide bonds. The fraction of sp³-hybridized carbons (Fsp3) is 0.300. The normalized spacial score (nSPS) is 12.2. The van der Waals surface area contributed by atoms with E-state index in [0.717, 1.165) is 18.2 Å². The van der Waals surface area contributed by atoms with Crippen LogP contribution in [-0.4, -0.2) is 32.8 Å². The summed E-state index contributed by atoms with van der Waals surface area (Å²) in [5, 5.41) is 1.43. The first-order valence-electron chi connectivity index (χ1n) is 4.92. The number of halogens is 4. The SMILES string of the molecule is O=C(CS(=O)(=O)c1cccc(F)c1)NCC(F)(F)F. The second-order valence-corrected chi connectivity index (χ2v) is 5.60. The zero-order valence-electron chi connectivity index (χ0n) is 9.37. The van der Waals surface area contributed by atoms with Gasteiger partial charge in [0.15, 0.2) is 9.84 Å². The minimum Gasteiger partial charge on any atom is -0.346 e. The Balaban J connectivity index is 2.73. The minimum absolute atomic E-state index is 0.463. The van der Waals surface area contributed by atoms with Gasteiger partial charge in [-0.25, -0.2) is 12.8 Å². The zero-order chi connectivity index (χ0) is 14.7. The summed E-state index contributed by atoms with van der Waals surface area (Å²) in [6.07, 6.45) is -4.63. The summed E-state index contributed by atoms with van der Waals surface area (Å²) >= 11 is 0. The second kappa shape index (κ2) is 5.55. The summed E-state index contributed by atoms with van der Waals surface area (Å²) in [4.78, 5) is 10.6. The van der Waals surface area contributed by atoms with Crippen LogP contribution in [0.5, 0.6) is 0 Å². The van der Waals surface area contributed by atoms with Gasteiger partial charge in [-0.3, -0.25) is 4.79 Å². The zero-order valence-corrected chi connectivity index (χ0v) is 10.2. The smallest absolute Gasteiger partial charge is 0.346 e. The molecule has 1 rings (SSSR count). The molecule has 1 aromatic rings. The predicted octanol–water partition coefficient (Wildman–Crippen LogP) is 1.28. The van der Waals surface area contributed by atoms with Crippen LogP contribution in [0.3, 0.4) is 0 Å². The van der Waals surface area contributed by atoms with Gasteiger partial charge in [-0.15, -0.1) is 0 Å². The van der Waals surface area contributed by atoms with Crippen LogP contribution >= 0.6 is 0 Å². The Morgan fingerprint density at radius 2 is 1.89 bits per heavy atom. The van der Waals surface area contributed by atoms with Crippen molar-refractivity contribution in [3.05, 3.63) is 30.1 Å². The minimum atomic E-state index is -4.63. The van der Waals surface area contributed by atoms with E-state index in [1.165, 1.54) is 5.32 Å². The first kappa shape index (κ1) is 15.4. The monoisotopic (exact) mass is 299 g/mol. The van der Waals surface area contributed by atoms with Gasteiger partial charge in [0.2, 0.25) is 5.91 Å². The molecular weight excluding hydrogens is 290 g/mol. The molecule has 0 unspecified atom stereocenters. The maximum Gasteiger partial charge on any atom is 0.405 e. The largest absolute Gasteiger partial charge is 0.405 e. The van der Waals surface area contributed by atoms with Gasteiger partial charge < -0.3 is 5.32 Å². The number of nitrogens with one attached hydrogen (secondary N) is 1. The molecule has 0 saturated heterocycles. The average Bonchev–Trinajstić information content (AvgIpc) is 2.25. The van der Waals surface area contributed by atoms with Crippen LogP contribution in [0, 0.1) is 5.82 Å². The molecule has 0 atom stereocenters. The van der Waals surface area contributed by atoms with Gasteiger partial charge in [-0.05, 0) is 18.2 Å². The third kappa shape index (κ3) is 5.25. The summed E-state index contributed by atoms with van der Waals surface area (Å²) in [5.41, 5.74) is 0. The third-order valence-corrected chi connectivity index (χ3v) is 3.58. The highest BCUT2D eigenvalue weighted by Crippen LogP contribution is 2.14. The molecule has 0 aromatic heterocycles. The van der Waals surface area contributed by atoms with E-state index in [2.05, 4.69) is 0 Å². The molecule has 1 aromatic carbocycles. The van der Waals surface area contributed by atoms with Crippen molar-refractivity contribution in [2.75, 3.05) is 12.3 Å². The fourth-order valence-corrected chi connectivity index (χ4v) is 2.36. The molecule has 0 aliphatic heterocycles. The molecule has 4 nitrogen and oxygen atoms in total. The summed E-state index contributed by atoms with van der Waals surface area (Å²) in [6, 6.07) is 3.86. The van der Waals surface area contributed by atoms with Gasteiger partial charge in [0.1, 0.15) is 18.1 Å².